The van der Waals surface area contributed by atoms with Crippen LogP contribution in [0.15, 0.2) is 53.3 Å². The second-order valence-electron chi connectivity index (χ2n) is 3.82. The van der Waals surface area contributed by atoms with E-state index in [4.69, 9.17) is 5.73 Å². The highest BCUT2D eigenvalue weighted by atomic mass is 79.9. The number of hydrogen-bond donors (Lipinski definition) is 1. The molecule has 3 aromatic rings. The normalized spacial score (nSPS) is 10.9. The smallest absolute Gasteiger partial charge is 0.138 e. The molecule has 0 amide bonds. The van der Waals surface area contributed by atoms with Gasteiger partial charge in [0.2, 0.25) is 0 Å². The predicted octanol–water partition coefficient (Wildman–Crippen LogP) is 3.35. The summed E-state index contributed by atoms with van der Waals surface area (Å²) in [6.45, 7) is 0. The molecule has 0 aliphatic rings. The van der Waals surface area contributed by atoms with Gasteiger partial charge in [-0.25, -0.2) is 4.98 Å². The fraction of sp³-hybridized carbons (Fsp3) is 0. The number of rotatable bonds is 1. The van der Waals surface area contributed by atoms with Crippen LogP contribution in [-0.2, 0) is 0 Å². The summed E-state index contributed by atoms with van der Waals surface area (Å²) in [7, 11) is 0. The molecule has 4 heteroatoms. The number of aromatic nitrogens is 2. The number of halogens is 1. The van der Waals surface area contributed by atoms with Crippen molar-refractivity contribution in [2.24, 2.45) is 0 Å². The first-order valence-corrected chi connectivity index (χ1v) is 6.03. The molecule has 0 spiro atoms. The lowest BCUT2D eigenvalue weighted by Gasteiger charge is -1.96. The van der Waals surface area contributed by atoms with Crippen LogP contribution in [0.4, 0.5) is 5.69 Å². The number of nitrogens with zero attached hydrogens (tertiary/aromatic N) is 2. The molecule has 84 valence electrons. The molecule has 0 atom stereocenters. The summed E-state index contributed by atoms with van der Waals surface area (Å²) in [5, 5.41) is 0. The van der Waals surface area contributed by atoms with E-state index in [0.717, 1.165) is 27.2 Å². The Hall–Kier alpha value is -1.81. The highest BCUT2D eigenvalue weighted by Gasteiger charge is 2.05. The molecule has 0 aliphatic heterocycles. The number of nitrogen functional groups attached to an aromatic ring is 1. The van der Waals surface area contributed by atoms with Crippen LogP contribution in [0.1, 0.15) is 0 Å². The average molecular weight is 288 g/mol. The van der Waals surface area contributed by atoms with Gasteiger partial charge >= 0.3 is 0 Å². The molecule has 0 aliphatic carbocycles. The molecule has 17 heavy (non-hydrogen) atoms. The molecule has 0 saturated heterocycles. The highest BCUT2D eigenvalue weighted by molar-refractivity contribution is 9.10. The first-order valence-electron chi connectivity index (χ1n) is 5.23. The van der Waals surface area contributed by atoms with Gasteiger partial charge in [0.25, 0.3) is 0 Å². The summed E-state index contributed by atoms with van der Waals surface area (Å²) in [5.74, 6) is 0. The zero-order valence-electron chi connectivity index (χ0n) is 8.97. The Morgan fingerprint density at radius 1 is 1.06 bits per heavy atom. The number of pyridine rings is 1. The number of nitrogens with two attached hydrogens (primary N) is 1. The summed E-state index contributed by atoms with van der Waals surface area (Å²) in [5.41, 5.74) is 9.36. The molecule has 0 radical (unpaired) electrons. The van der Waals surface area contributed by atoms with Crippen LogP contribution in [0.25, 0.3) is 16.9 Å². The number of fused-ring (bicyclic) bond motifs is 1. The second-order valence-corrected chi connectivity index (χ2v) is 4.64. The molecule has 0 saturated carbocycles. The van der Waals surface area contributed by atoms with Crippen LogP contribution in [0.5, 0.6) is 0 Å². The third-order valence-electron chi connectivity index (χ3n) is 2.65. The molecule has 0 unspecified atom stereocenters. The molecule has 3 nitrogen and oxygen atoms in total. The SMILES string of the molecule is Nc1ccc(-c2cn3c(Br)cccc3n2)cc1. The lowest BCUT2D eigenvalue weighted by atomic mass is 10.1. The molecule has 1 aromatic carbocycles. The van der Waals surface area contributed by atoms with E-state index in [1.807, 2.05) is 53.1 Å². The fourth-order valence-electron chi connectivity index (χ4n) is 1.77. The van der Waals surface area contributed by atoms with Gasteiger partial charge in [-0.05, 0) is 40.2 Å². The van der Waals surface area contributed by atoms with Crippen molar-refractivity contribution >= 4 is 27.3 Å². The van der Waals surface area contributed by atoms with Crippen LogP contribution < -0.4 is 5.73 Å². The molecule has 2 aromatic heterocycles. The van der Waals surface area contributed by atoms with Gasteiger partial charge in [0.1, 0.15) is 5.65 Å². The predicted molar refractivity (Wildman–Crippen MR) is 72.7 cm³/mol. The molecular weight excluding hydrogens is 278 g/mol. The van der Waals surface area contributed by atoms with Crippen molar-refractivity contribution in [3.05, 3.63) is 53.3 Å². The molecule has 0 bridgehead atoms. The molecule has 0 fully saturated rings. The minimum Gasteiger partial charge on any atom is -0.399 e. The van der Waals surface area contributed by atoms with Crippen molar-refractivity contribution < 1.29 is 0 Å². The summed E-state index contributed by atoms with van der Waals surface area (Å²) in [4.78, 5) is 4.57. The van der Waals surface area contributed by atoms with Crippen molar-refractivity contribution in [3.8, 4) is 11.3 Å². The van der Waals surface area contributed by atoms with Gasteiger partial charge < -0.3 is 5.73 Å². The quantitative estimate of drug-likeness (QED) is 0.551. The Labute approximate surface area is 107 Å². The van der Waals surface area contributed by atoms with E-state index >= 15 is 0 Å². The van der Waals surface area contributed by atoms with Crippen LogP contribution in [0.2, 0.25) is 0 Å². The van der Waals surface area contributed by atoms with Crippen LogP contribution in [-0.4, -0.2) is 9.38 Å². The second kappa shape index (κ2) is 3.89. The van der Waals surface area contributed by atoms with Crippen LogP contribution >= 0.6 is 15.9 Å². The largest absolute Gasteiger partial charge is 0.399 e. The number of imidazole rings is 1. The number of benzene rings is 1. The zero-order valence-corrected chi connectivity index (χ0v) is 10.6. The van der Waals surface area contributed by atoms with Gasteiger partial charge in [0.05, 0.1) is 10.3 Å². The Morgan fingerprint density at radius 3 is 2.53 bits per heavy atom. The average Bonchev–Trinajstić information content (AvgIpc) is 2.75. The topological polar surface area (TPSA) is 43.3 Å². The maximum atomic E-state index is 5.67. The standard InChI is InChI=1S/C13H10BrN3/c14-12-2-1-3-13-16-11(8-17(12)13)9-4-6-10(15)7-5-9/h1-8H,15H2. The van der Waals surface area contributed by atoms with Crippen molar-refractivity contribution in [3.63, 3.8) is 0 Å². The van der Waals surface area contributed by atoms with Crippen molar-refractivity contribution in [2.75, 3.05) is 5.73 Å². The molecular formula is C13H10BrN3. The summed E-state index contributed by atoms with van der Waals surface area (Å²) in [6, 6.07) is 13.7. The zero-order chi connectivity index (χ0) is 11.8. The Kier molecular flexibility index (Phi) is 2.37. The van der Waals surface area contributed by atoms with Crippen molar-refractivity contribution in [2.45, 2.75) is 0 Å². The van der Waals surface area contributed by atoms with E-state index in [1.165, 1.54) is 0 Å². The van der Waals surface area contributed by atoms with Gasteiger partial charge in [0.15, 0.2) is 0 Å². The van der Waals surface area contributed by atoms with Gasteiger partial charge in [-0.15, -0.1) is 0 Å². The number of anilines is 1. The lowest BCUT2D eigenvalue weighted by molar-refractivity contribution is 1.14. The minimum absolute atomic E-state index is 0.763. The molecule has 2 heterocycles. The third-order valence-corrected chi connectivity index (χ3v) is 3.30. The van der Waals surface area contributed by atoms with Gasteiger partial charge in [-0.2, -0.15) is 0 Å². The third kappa shape index (κ3) is 1.80. The van der Waals surface area contributed by atoms with Gasteiger partial charge in [-0.3, -0.25) is 4.40 Å². The first kappa shape index (κ1) is 10.4. The van der Waals surface area contributed by atoms with Crippen LogP contribution in [0.3, 0.4) is 0 Å². The van der Waals surface area contributed by atoms with Crippen molar-refractivity contribution in [1.29, 1.82) is 0 Å². The van der Waals surface area contributed by atoms with Crippen LogP contribution in [0, 0.1) is 0 Å². The van der Waals surface area contributed by atoms with E-state index < -0.39 is 0 Å². The van der Waals surface area contributed by atoms with Crippen molar-refractivity contribution in [1.82, 2.24) is 9.38 Å². The maximum Gasteiger partial charge on any atom is 0.138 e. The van der Waals surface area contributed by atoms with Gasteiger partial charge in [-0.1, -0.05) is 18.2 Å². The minimum atomic E-state index is 0.763. The Balaban J connectivity index is 2.18. The fourth-order valence-corrected chi connectivity index (χ4v) is 2.21. The summed E-state index contributed by atoms with van der Waals surface area (Å²) in [6.07, 6.45) is 2.00. The monoisotopic (exact) mass is 287 g/mol. The molecule has 3 rings (SSSR count). The maximum absolute atomic E-state index is 5.67. The Morgan fingerprint density at radius 2 is 1.82 bits per heavy atom. The van der Waals surface area contributed by atoms with E-state index in [-0.39, 0.29) is 0 Å². The van der Waals surface area contributed by atoms with Gasteiger partial charge in [0, 0.05) is 17.4 Å². The first-order chi connectivity index (χ1) is 8.24. The van der Waals surface area contributed by atoms with E-state index in [1.54, 1.807) is 0 Å². The lowest BCUT2D eigenvalue weighted by Crippen LogP contribution is -1.83. The molecule has 2 N–H and O–H groups in total. The summed E-state index contributed by atoms with van der Waals surface area (Å²) >= 11 is 3.50. The van der Waals surface area contributed by atoms with E-state index in [0.29, 0.717) is 0 Å². The van der Waals surface area contributed by atoms with E-state index in [9.17, 15) is 0 Å². The summed E-state index contributed by atoms with van der Waals surface area (Å²) < 4.78 is 3.00. The van der Waals surface area contributed by atoms with E-state index in [2.05, 4.69) is 20.9 Å². The highest BCUT2D eigenvalue weighted by Crippen LogP contribution is 2.22. The number of hydrogen-bond acceptors (Lipinski definition) is 2. The Bertz CT molecular complexity index is 671.